The summed E-state index contributed by atoms with van der Waals surface area (Å²) in [7, 11) is 0. The Balaban J connectivity index is 1.57. The highest BCUT2D eigenvalue weighted by molar-refractivity contribution is 9.10. The first kappa shape index (κ1) is 22.1. The smallest absolute Gasteiger partial charge is 0.281 e. The first-order valence-electron chi connectivity index (χ1n) is 9.87. The zero-order chi connectivity index (χ0) is 22.7. The molecule has 1 aromatic heterocycles. The number of hydrogen-bond acceptors (Lipinski definition) is 5. The second-order valence-electron chi connectivity index (χ2n) is 7.33. The van der Waals surface area contributed by atoms with Gasteiger partial charge in [-0.15, -0.1) is 6.42 Å². The predicted octanol–water partition coefficient (Wildman–Crippen LogP) is 3.00. The number of halogens is 1. The third kappa shape index (κ3) is 4.71. The van der Waals surface area contributed by atoms with E-state index >= 15 is 0 Å². The van der Waals surface area contributed by atoms with Crippen LogP contribution in [0.5, 0.6) is 0 Å². The molecule has 2 amide bonds. The molecule has 1 aliphatic rings. The van der Waals surface area contributed by atoms with E-state index in [0.717, 1.165) is 14.7 Å². The van der Waals surface area contributed by atoms with Gasteiger partial charge in [-0.3, -0.25) is 19.8 Å². The predicted molar refractivity (Wildman–Crippen MR) is 128 cm³/mol. The number of benzene rings is 2. The number of aromatic nitrogens is 2. The summed E-state index contributed by atoms with van der Waals surface area (Å²) in [5.41, 5.74) is 3.76. The van der Waals surface area contributed by atoms with Gasteiger partial charge >= 0.3 is 0 Å². The van der Waals surface area contributed by atoms with Gasteiger partial charge in [0, 0.05) is 24.0 Å². The topological polar surface area (TPSA) is 84.3 Å². The second kappa shape index (κ2) is 9.59. The number of fused-ring (bicyclic) bond motifs is 1. The summed E-state index contributed by atoms with van der Waals surface area (Å²) in [6, 6.07) is 14.8. The molecular weight excluding hydrogens is 492 g/mol. The van der Waals surface area contributed by atoms with Crippen molar-refractivity contribution in [2.24, 2.45) is 5.92 Å². The summed E-state index contributed by atoms with van der Waals surface area (Å²) in [5, 5.41) is 0.652. The van der Waals surface area contributed by atoms with Gasteiger partial charge < -0.3 is 4.90 Å². The van der Waals surface area contributed by atoms with E-state index in [-0.39, 0.29) is 24.6 Å². The summed E-state index contributed by atoms with van der Waals surface area (Å²) < 4.78 is 1.85. The Hall–Kier alpha value is -3.09. The number of thioether (sulfide) groups is 1. The molecule has 1 atom stereocenters. The van der Waals surface area contributed by atoms with Gasteiger partial charge in [0.05, 0.1) is 22.6 Å². The van der Waals surface area contributed by atoms with Crippen LogP contribution < -0.4 is 11.0 Å². The first-order chi connectivity index (χ1) is 15.5. The van der Waals surface area contributed by atoms with Crippen LogP contribution in [-0.4, -0.2) is 38.7 Å². The van der Waals surface area contributed by atoms with Crippen LogP contribution in [0.4, 0.5) is 0 Å². The molecule has 7 nitrogen and oxygen atoms in total. The molecule has 0 radical (unpaired) electrons. The minimum absolute atomic E-state index is 0.0901. The molecule has 1 aliphatic heterocycles. The Morgan fingerprint density at radius 2 is 2.03 bits per heavy atom. The molecule has 1 unspecified atom stereocenters. The zero-order valence-corrected chi connectivity index (χ0v) is 19.4. The van der Waals surface area contributed by atoms with E-state index in [9.17, 15) is 14.4 Å². The quantitative estimate of drug-likeness (QED) is 0.313. The van der Waals surface area contributed by atoms with E-state index in [1.165, 1.54) is 11.8 Å². The summed E-state index contributed by atoms with van der Waals surface area (Å²) in [5.74, 6) is 1.72. The summed E-state index contributed by atoms with van der Waals surface area (Å²) in [6.07, 6.45) is 5.46. The summed E-state index contributed by atoms with van der Waals surface area (Å²) in [4.78, 5) is 44.8. The minimum atomic E-state index is -0.568. The molecule has 9 heteroatoms. The van der Waals surface area contributed by atoms with Crippen molar-refractivity contribution in [1.29, 1.82) is 0 Å². The second-order valence-corrected chi connectivity index (χ2v) is 9.18. The molecule has 1 N–H and O–H groups in total. The van der Waals surface area contributed by atoms with Crippen molar-refractivity contribution in [3.63, 3.8) is 0 Å². The lowest BCUT2D eigenvalue weighted by atomic mass is 10.1. The van der Waals surface area contributed by atoms with Crippen LogP contribution in [0.15, 0.2) is 63.0 Å². The number of rotatable bonds is 6. The molecule has 2 aromatic carbocycles. The molecule has 3 aromatic rings. The van der Waals surface area contributed by atoms with Gasteiger partial charge in [0.2, 0.25) is 11.8 Å². The van der Waals surface area contributed by atoms with Gasteiger partial charge in [-0.2, -0.15) is 4.68 Å². The maximum Gasteiger partial charge on any atom is 0.281 e. The number of likely N-dealkylation sites (tertiary alicyclic amines) is 1. The monoisotopic (exact) mass is 510 g/mol. The molecule has 0 saturated carbocycles. The van der Waals surface area contributed by atoms with E-state index in [1.54, 1.807) is 23.1 Å². The standard InChI is InChI=1S/C23H19BrN4O3S/c1-2-10-32-23-25-19-9-8-17(24)12-18(19)22(31)28(23)26-21(30)16-11-20(29)27(14-16)13-15-6-4-3-5-7-15/h1,3-9,12,16H,10-11,13-14H2,(H,26,30). The van der Waals surface area contributed by atoms with E-state index in [0.29, 0.717) is 22.6 Å². The average Bonchev–Trinajstić information content (AvgIpc) is 3.16. The van der Waals surface area contributed by atoms with Crippen LogP contribution in [0.25, 0.3) is 10.9 Å². The number of hydrogen-bond donors (Lipinski definition) is 1. The van der Waals surface area contributed by atoms with E-state index in [2.05, 4.69) is 32.3 Å². The number of terminal acetylenes is 1. The van der Waals surface area contributed by atoms with Crippen LogP contribution >= 0.6 is 27.7 Å². The van der Waals surface area contributed by atoms with Gasteiger partial charge in [-0.05, 0) is 23.8 Å². The van der Waals surface area contributed by atoms with Crippen molar-refractivity contribution < 1.29 is 9.59 Å². The van der Waals surface area contributed by atoms with Crippen molar-refractivity contribution in [1.82, 2.24) is 14.6 Å². The lowest BCUT2D eigenvalue weighted by Gasteiger charge is -2.18. The SMILES string of the molecule is C#CCSc1nc2ccc(Br)cc2c(=O)n1NC(=O)C1CC(=O)N(Cc2ccccc2)C1. The summed E-state index contributed by atoms with van der Waals surface area (Å²) in [6.45, 7) is 0.728. The minimum Gasteiger partial charge on any atom is -0.338 e. The van der Waals surface area contributed by atoms with Gasteiger partial charge in [0.15, 0.2) is 5.16 Å². The molecule has 1 saturated heterocycles. The fourth-order valence-electron chi connectivity index (χ4n) is 3.54. The lowest BCUT2D eigenvalue weighted by Crippen LogP contribution is -2.39. The molecule has 0 bridgehead atoms. The van der Waals surface area contributed by atoms with Gasteiger partial charge in [-0.1, -0.05) is 63.9 Å². The third-order valence-corrected chi connectivity index (χ3v) is 6.44. The highest BCUT2D eigenvalue weighted by atomic mass is 79.9. The molecular formula is C23H19BrN4O3S. The molecule has 4 rings (SSSR count). The Morgan fingerprint density at radius 1 is 1.25 bits per heavy atom. The van der Waals surface area contributed by atoms with E-state index < -0.39 is 17.4 Å². The Labute approximate surface area is 197 Å². The Bertz CT molecular complexity index is 1290. The fraction of sp³-hybridized carbons (Fsp3) is 0.217. The molecule has 0 aliphatic carbocycles. The van der Waals surface area contributed by atoms with Gasteiger partial charge in [0.25, 0.3) is 5.56 Å². The number of carbonyl (C=O) groups excluding carboxylic acids is 2. The fourth-order valence-corrected chi connectivity index (χ4v) is 4.54. The lowest BCUT2D eigenvalue weighted by molar-refractivity contribution is -0.128. The molecule has 32 heavy (non-hydrogen) atoms. The van der Waals surface area contributed by atoms with Gasteiger partial charge in [-0.25, -0.2) is 4.98 Å². The van der Waals surface area contributed by atoms with Crippen molar-refractivity contribution in [2.75, 3.05) is 17.7 Å². The van der Waals surface area contributed by atoms with Crippen molar-refractivity contribution in [3.8, 4) is 12.3 Å². The number of nitrogens with zero attached hydrogens (tertiary/aromatic N) is 3. The van der Waals surface area contributed by atoms with Crippen LogP contribution in [0.1, 0.15) is 12.0 Å². The maximum atomic E-state index is 13.1. The Morgan fingerprint density at radius 3 is 2.78 bits per heavy atom. The normalized spacial score (nSPS) is 15.7. The molecule has 162 valence electrons. The molecule has 0 spiro atoms. The van der Waals surface area contributed by atoms with Crippen molar-refractivity contribution in [3.05, 3.63) is 68.9 Å². The molecule has 2 heterocycles. The third-order valence-electron chi connectivity index (χ3n) is 5.11. The highest BCUT2D eigenvalue weighted by Gasteiger charge is 2.34. The number of carbonyl (C=O) groups is 2. The van der Waals surface area contributed by atoms with E-state index in [4.69, 9.17) is 6.42 Å². The largest absolute Gasteiger partial charge is 0.338 e. The van der Waals surface area contributed by atoms with Crippen molar-refractivity contribution in [2.45, 2.75) is 18.1 Å². The zero-order valence-electron chi connectivity index (χ0n) is 17.0. The van der Waals surface area contributed by atoms with Crippen LogP contribution in [0.3, 0.4) is 0 Å². The van der Waals surface area contributed by atoms with Crippen LogP contribution in [0, 0.1) is 18.3 Å². The maximum absolute atomic E-state index is 13.1. The first-order valence-corrected chi connectivity index (χ1v) is 11.7. The average molecular weight is 511 g/mol. The Kier molecular flexibility index (Phi) is 6.63. The van der Waals surface area contributed by atoms with E-state index in [1.807, 2.05) is 30.3 Å². The van der Waals surface area contributed by atoms with Gasteiger partial charge in [0.1, 0.15) is 0 Å². The number of amides is 2. The molecule has 1 fully saturated rings. The van der Waals surface area contributed by atoms with Crippen LogP contribution in [0.2, 0.25) is 0 Å². The summed E-state index contributed by atoms with van der Waals surface area (Å²) >= 11 is 4.54. The number of nitrogens with one attached hydrogen (secondary N) is 1. The highest BCUT2D eigenvalue weighted by Crippen LogP contribution is 2.22. The van der Waals surface area contributed by atoms with Crippen molar-refractivity contribution >= 4 is 50.4 Å². The van der Waals surface area contributed by atoms with Crippen LogP contribution in [-0.2, 0) is 16.1 Å².